The number of carbonyl (C=O) groups excluding carboxylic acids is 1. The Labute approximate surface area is 216 Å². The van der Waals surface area contributed by atoms with E-state index >= 15 is 4.39 Å². The van der Waals surface area contributed by atoms with E-state index in [1.165, 1.54) is 19.1 Å². The Bertz CT molecular complexity index is 1270. The molecular weight excluding hydrogens is 536 g/mol. The number of para-hydroxylation sites is 1. The molecule has 2 heterocycles. The number of benzene rings is 1. The van der Waals surface area contributed by atoms with Gasteiger partial charge in [-0.1, -0.05) is 28.5 Å². The molecule has 1 aromatic carbocycles. The molecule has 37 heavy (non-hydrogen) atoms. The number of hydrogen-bond donors (Lipinski definition) is 2. The third-order valence-corrected chi connectivity index (χ3v) is 6.50. The molecule has 12 nitrogen and oxygen atoms in total. The molecule has 2 aromatic rings. The van der Waals surface area contributed by atoms with Crippen molar-refractivity contribution < 1.29 is 37.9 Å². The summed E-state index contributed by atoms with van der Waals surface area (Å²) in [6, 6.07) is 5.89. The molecule has 3 unspecified atom stereocenters. The second kappa shape index (κ2) is 11.8. The summed E-state index contributed by atoms with van der Waals surface area (Å²) in [5.41, 5.74) is -4.31. The number of alkyl halides is 1. The number of esters is 1. The van der Waals surface area contributed by atoms with Crippen LogP contribution in [0.5, 0.6) is 5.75 Å². The molecule has 2 N–H and O–H groups in total. The van der Waals surface area contributed by atoms with Crippen molar-refractivity contribution in [2.24, 2.45) is 4.74 Å². The fourth-order valence-electron chi connectivity index (χ4n) is 3.44. The Morgan fingerprint density at radius 2 is 2.00 bits per heavy atom. The second-order valence-corrected chi connectivity index (χ2v) is 9.93. The number of halogens is 2. The Balaban J connectivity index is 1.94. The van der Waals surface area contributed by atoms with Crippen LogP contribution in [-0.4, -0.2) is 56.9 Å². The SMILES string of the molecule is CC(C)OC(=O)C(C)/N=[P+](\[O-])OC(Oc1ccccc1Cl)[C@@H]1O[C@@H](n2ccc(=O)[nH]c2=O)[C@](C)(F)[C@@H]1O. The number of hydrogen-bond acceptors (Lipinski definition) is 10. The summed E-state index contributed by atoms with van der Waals surface area (Å²) in [5.74, 6) is -0.734. The molecular formula is C22H26ClFN3O9P. The van der Waals surface area contributed by atoms with Crippen LogP contribution in [0.3, 0.4) is 0 Å². The third-order valence-electron chi connectivity index (χ3n) is 5.26. The van der Waals surface area contributed by atoms with Gasteiger partial charge in [-0.05, 0) is 39.8 Å². The molecule has 3 rings (SSSR count). The van der Waals surface area contributed by atoms with E-state index < -0.39 is 67.9 Å². The summed E-state index contributed by atoms with van der Waals surface area (Å²) in [5, 5.41) is 10.9. The average molecular weight is 562 g/mol. The summed E-state index contributed by atoms with van der Waals surface area (Å²) in [6.45, 7) is 5.57. The van der Waals surface area contributed by atoms with Crippen LogP contribution in [0.1, 0.15) is 33.9 Å². The van der Waals surface area contributed by atoms with Gasteiger partial charge in [0.05, 0.1) is 11.1 Å². The van der Waals surface area contributed by atoms with Gasteiger partial charge in [-0.3, -0.25) is 14.3 Å². The lowest BCUT2D eigenvalue weighted by atomic mass is 9.98. The quantitative estimate of drug-likeness (QED) is 0.264. The highest BCUT2D eigenvalue weighted by atomic mass is 35.5. The number of aromatic nitrogens is 2. The van der Waals surface area contributed by atoms with Crippen LogP contribution in [-0.2, 0) is 18.8 Å². The molecule has 202 valence electrons. The zero-order valence-corrected chi connectivity index (χ0v) is 21.9. The summed E-state index contributed by atoms with van der Waals surface area (Å²) in [6.07, 6.45) is -6.57. The van der Waals surface area contributed by atoms with Crippen LogP contribution >= 0.6 is 19.8 Å². The maximum Gasteiger partial charge on any atom is 0.346 e. The number of aromatic amines is 1. The molecule has 15 heteroatoms. The molecule has 0 amide bonds. The minimum absolute atomic E-state index is 0.0193. The first-order valence-corrected chi connectivity index (χ1v) is 12.6. The summed E-state index contributed by atoms with van der Waals surface area (Å²) >= 11 is 6.14. The van der Waals surface area contributed by atoms with E-state index in [0.717, 1.165) is 23.8 Å². The summed E-state index contributed by atoms with van der Waals surface area (Å²) in [4.78, 5) is 50.4. The Kier molecular flexibility index (Phi) is 9.22. The minimum atomic E-state index is -2.99. The van der Waals surface area contributed by atoms with E-state index in [1.807, 2.05) is 4.98 Å². The van der Waals surface area contributed by atoms with Crippen LogP contribution in [0.25, 0.3) is 0 Å². The van der Waals surface area contributed by atoms with Gasteiger partial charge in [0, 0.05) is 12.3 Å². The van der Waals surface area contributed by atoms with Gasteiger partial charge in [-0.15, -0.1) is 4.52 Å². The van der Waals surface area contributed by atoms with E-state index in [-0.39, 0.29) is 10.8 Å². The molecule has 1 aliphatic rings. The van der Waals surface area contributed by atoms with Crippen molar-refractivity contribution in [3.05, 3.63) is 62.4 Å². The number of aliphatic hydroxyl groups excluding tert-OH is 1. The molecule has 1 saturated heterocycles. The molecule has 1 aromatic heterocycles. The second-order valence-electron chi connectivity index (χ2n) is 8.60. The highest BCUT2D eigenvalue weighted by molar-refractivity contribution is 7.33. The van der Waals surface area contributed by atoms with Crippen LogP contribution < -0.4 is 20.9 Å². The number of aliphatic hydroxyl groups is 1. The number of nitrogens with zero attached hydrogens (tertiary/aromatic N) is 2. The number of nitrogens with one attached hydrogen (secondary N) is 1. The van der Waals surface area contributed by atoms with Crippen molar-refractivity contribution in [1.29, 1.82) is 0 Å². The van der Waals surface area contributed by atoms with E-state index in [9.17, 15) is 24.4 Å². The zero-order chi connectivity index (χ0) is 27.5. The molecule has 7 atom stereocenters. The fourth-order valence-corrected chi connectivity index (χ4v) is 4.39. The highest BCUT2D eigenvalue weighted by Gasteiger charge is 2.59. The van der Waals surface area contributed by atoms with Gasteiger partial charge in [0.25, 0.3) is 11.8 Å². The average Bonchev–Trinajstić information content (AvgIpc) is 3.03. The van der Waals surface area contributed by atoms with Gasteiger partial charge >= 0.3 is 19.8 Å². The summed E-state index contributed by atoms with van der Waals surface area (Å²) in [7, 11) is -2.99. The monoisotopic (exact) mass is 561 g/mol. The zero-order valence-electron chi connectivity index (χ0n) is 20.2. The third kappa shape index (κ3) is 6.81. The molecule has 0 saturated carbocycles. The first kappa shape index (κ1) is 28.9. The van der Waals surface area contributed by atoms with Gasteiger partial charge in [0.1, 0.15) is 11.9 Å². The van der Waals surface area contributed by atoms with Crippen molar-refractivity contribution in [3.8, 4) is 5.75 Å². The smallest absolute Gasteiger partial charge is 0.346 e. The number of ether oxygens (including phenoxy) is 3. The van der Waals surface area contributed by atoms with Crippen molar-refractivity contribution in [2.45, 2.75) is 70.2 Å². The fraction of sp³-hybridized carbons (Fsp3) is 0.500. The topological polar surface area (TPSA) is 164 Å². The predicted octanol–water partition coefficient (Wildman–Crippen LogP) is 1.79. The van der Waals surface area contributed by atoms with Gasteiger partial charge in [0.15, 0.2) is 24.0 Å². The normalized spacial score (nSPS) is 25.6. The van der Waals surface area contributed by atoms with E-state index in [2.05, 4.69) is 4.74 Å². The first-order valence-electron chi connectivity index (χ1n) is 11.1. The molecule has 0 aliphatic carbocycles. The first-order chi connectivity index (χ1) is 17.3. The molecule has 0 radical (unpaired) electrons. The van der Waals surface area contributed by atoms with Gasteiger partial charge in [-0.2, -0.15) is 0 Å². The Morgan fingerprint density at radius 1 is 1.32 bits per heavy atom. The van der Waals surface area contributed by atoms with Crippen LogP contribution in [0, 0.1) is 0 Å². The van der Waals surface area contributed by atoms with E-state index in [1.54, 1.807) is 26.0 Å². The van der Waals surface area contributed by atoms with Crippen molar-refractivity contribution in [1.82, 2.24) is 9.55 Å². The van der Waals surface area contributed by atoms with Gasteiger partial charge in [-0.25, -0.2) is 14.0 Å². The lowest BCUT2D eigenvalue weighted by Gasteiger charge is -2.25. The number of rotatable bonds is 9. The van der Waals surface area contributed by atoms with Crippen molar-refractivity contribution in [3.63, 3.8) is 0 Å². The van der Waals surface area contributed by atoms with Crippen LogP contribution in [0.2, 0.25) is 5.02 Å². The van der Waals surface area contributed by atoms with E-state index in [4.69, 9.17) is 30.3 Å². The van der Waals surface area contributed by atoms with Gasteiger partial charge < -0.3 is 24.2 Å². The van der Waals surface area contributed by atoms with E-state index in [0.29, 0.717) is 0 Å². The van der Waals surface area contributed by atoms with Crippen LogP contribution in [0.15, 0.2) is 50.9 Å². The summed E-state index contributed by atoms with van der Waals surface area (Å²) < 4.78 is 41.9. The largest absolute Gasteiger partial charge is 0.583 e. The molecule has 1 fully saturated rings. The van der Waals surface area contributed by atoms with Crippen LogP contribution in [0.4, 0.5) is 4.39 Å². The number of H-pyrrole nitrogens is 1. The number of carbonyl (C=O) groups is 1. The minimum Gasteiger partial charge on any atom is -0.583 e. The van der Waals surface area contributed by atoms with Gasteiger partial charge in [0.2, 0.25) is 0 Å². The maximum atomic E-state index is 15.7. The van der Waals surface area contributed by atoms with Crippen molar-refractivity contribution >= 4 is 25.7 Å². The molecule has 0 spiro atoms. The lowest BCUT2D eigenvalue weighted by Crippen LogP contribution is -2.46. The van der Waals surface area contributed by atoms with Crippen molar-refractivity contribution in [2.75, 3.05) is 0 Å². The highest BCUT2D eigenvalue weighted by Crippen LogP contribution is 2.44. The Hall–Kier alpha value is -2.67. The molecule has 0 bridgehead atoms. The standard InChI is InChI=1S/C22H26ClFN3O9P/c1-11(2)33-18(30)12(3)26-37(32)36-19(34-14-8-6-5-7-13(14)23)16-17(29)22(4,24)20(35-16)27-10-9-15(28)25-21(27)31/h5-12,16-17,19-20,29H,1-4H3,(H,25,28,31)/t12?,16-,17-,19?,20-,22-/m1/s1. The predicted molar refractivity (Wildman–Crippen MR) is 128 cm³/mol. The lowest BCUT2D eigenvalue weighted by molar-refractivity contribution is -0.206. The molecule has 1 aliphatic heterocycles. The maximum absolute atomic E-state index is 15.7. The Morgan fingerprint density at radius 3 is 2.62 bits per heavy atom.